The molecule has 0 radical (unpaired) electrons. The summed E-state index contributed by atoms with van der Waals surface area (Å²) in [5.74, 6) is 0.852. The largest absolute Gasteiger partial charge is 0.357 e. The smallest absolute Gasteiger partial charge is 0.191 e. The van der Waals surface area contributed by atoms with Crippen LogP contribution in [0.4, 0.5) is 0 Å². The van der Waals surface area contributed by atoms with E-state index in [2.05, 4.69) is 20.5 Å². The SMILES string of the molecule is CCNC(=NCCS(=O)(=O)C(C)(C)C)NC1CCN(CCS(C)(=O)=O)CC1.I. The molecule has 0 atom stereocenters. The third kappa shape index (κ3) is 10.6. The van der Waals surface area contributed by atoms with Crippen molar-refractivity contribution >= 4 is 49.6 Å². The van der Waals surface area contributed by atoms with Crippen LogP contribution in [0.3, 0.4) is 0 Å². The van der Waals surface area contributed by atoms with Gasteiger partial charge in [-0.1, -0.05) is 0 Å². The fourth-order valence-corrected chi connectivity index (χ4v) is 4.23. The van der Waals surface area contributed by atoms with E-state index >= 15 is 0 Å². The number of nitrogens with zero attached hydrogens (tertiary/aromatic N) is 2. The molecule has 0 aliphatic carbocycles. The highest BCUT2D eigenvalue weighted by Gasteiger charge is 2.28. The van der Waals surface area contributed by atoms with Gasteiger partial charge >= 0.3 is 0 Å². The van der Waals surface area contributed by atoms with Gasteiger partial charge in [-0.25, -0.2) is 16.8 Å². The predicted molar refractivity (Wildman–Crippen MR) is 127 cm³/mol. The van der Waals surface area contributed by atoms with Crippen LogP contribution < -0.4 is 10.6 Å². The number of halogens is 1. The first-order valence-electron chi connectivity index (χ1n) is 9.51. The van der Waals surface area contributed by atoms with Crippen LogP contribution in [0.15, 0.2) is 4.99 Å². The summed E-state index contributed by atoms with van der Waals surface area (Å²) >= 11 is 0. The average Bonchev–Trinajstić information content (AvgIpc) is 2.52. The monoisotopic (exact) mass is 552 g/mol. The minimum absolute atomic E-state index is 0. The number of likely N-dealkylation sites (tertiary alicyclic amines) is 1. The molecule has 0 aromatic heterocycles. The summed E-state index contributed by atoms with van der Waals surface area (Å²) in [5.41, 5.74) is 0. The van der Waals surface area contributed by atoms with Crippen LogP contribution in [-0.4, -0.2) is 89.0 Å². The Kier molecular flexibility index (Phi) is 11.8. The maximum atomic E-state index is 12.2. The molecular formula is C17H37IN4O4S2. The molecule has 1 fully saturated rings. The summed E-state index contributed by atoms with van der Waals surface area (Å²) in [5, 5.41) is 6.54. The molecule has 0 amide bonds. The first-order chi connectivity index (χ1) is 12.3. The minimum Gasteiger partial charge on any atom is -0.357 e. The molecule has 0 saturated carbocycles. The number of nitrogens with one attached hydrogen (secondary N) is 2. The fourth-order valence-electron chi connectivity index (χ4n) is 2.69. The van der Waals surface area contributed by atoms with Crippen molar-refractivity contribution in [3.05, 3.63) is 0 Å². The van der Waals surface area contributed by atoms with Crippen molar-refractivity contribution in [2.75, 3.05) is 50.5 Å². The molecule has 11 heteroatoms. The van der Waals surface area contributed by atoms with E-state index in [4.69, 9.17) is 0 Å². The molecule has 1 heterocycles. The van der Waals surface area contributed by atoms with Gasteiger partial charge in [0.2, 0.25) is 0 Å². The molecule has 8 nitrogen and oxygen atoms in total. The molecule has 0 aromatic carbocycles. The Balaban J connectivity index is 0.00000729. The summed E-state index contributed by atoms with van der Waals surface area (Å²) in [6.07, 6.45) is 3.06. The molecule has 28 heavy (non-hydrogen) atoms. The second-order valence-corrected chi connectivity index (χ2v) is 13.2. The van der Waals surface area contributed by atoms with Crippen LogP contribution in [0.25, 0.3) is 0 Å². The van der Waals surface area contributed by atoms with E-state index in [1.165, 1.54) is 6.26 Å². The van der Waals surface area contributed by atoms with Crippen molar-refractivity contribution in [2.45, 2.75) is 51.3 Å². The standard InChI is InChI=1S/C17H36N4O4S2.HI/c1-6-18-16(19-9-13-27(24,25)17(2,3)4)20-15-7-10-21(11-8-15)12-14-26(5,22)23;/h15H,6-14H2,1-5H3,(H2,18,19,20);1H. The van der Waals surface area contributed by atoms with Crippen molar-refractivity contribution in [2.24, 2.45) is 4.99 Å². The second kappa shape index (κ2) is 11.9. The molecular weight excluding hydrogens is 515 g/mol. The van der Waals surface area contributed by atoms with Gasteiger partial charge in [-0.05, 0) is 40.5 Å². The van der Waals surface area contributed by atoms with Crippen LogP contribution in [-0.2, 0) is 19.7 Å². The van der Waals surface area contributed by atoms with Gasteiger partial charge in [0.1, 0.15) is 9.84 Å². The number of hydrogen-bond acceptors (Lipinski definition) is 6. The Labute approximate surface area is 188 Å². The number of guanidine groups is 1. The van der Waals surface area contributed by atoms with Crippen molar-refractivity contribution in [1.82, 2.24) is 15.5 Å². The number of hydrogen-bond donors (Lipinski definition) is 2. The molecule has 1 rings (SSSR count). The van der Waals surface area contributed by atoms with Crippen molar-refractivity contribution < 1.29 is 16.8 Å². The highest BCUT2D eigenvalue weighted by Crippen LogP contribution is 2.15. The summed E-state index contributed by atoms with van der Waals surface area (Å²) in [6.45, 7) is 10.2. The molecule has 0 bridgehead atoms. The van der Waals surface area contributed by atoms with Gasteiger partial charge in [0, 0.05) is 38.5 Å². The lowest BCUT2D eigenvalue weighted by atomic mass is 10.1. The minimum atomic E-state index is -3.19. The second-order valence-electron chi connectivity index (χ2n) is 8.08. The summed E-state index contributed by atoms with van der Waals surface area (Å²) < 4.78 is 46.2. The van der Waals surface area contributed by atoms with E-state index < -0.39 is 24.4 Å². The lowest BCUT2D eigenvalue weighted by Crippen LogP contribution is -2.49. The van der Waals surface area contributed by atoms with Crippen molar-refractivity contribution in [1.29, 1.82) is 0 Å². The number of aliphatic imine (C=N–C) groups is 1. The van der Waals surface area contributed by atoms with Crippen LogP contribution in [0.1, 0.15) is 40.5 Å². The molecule has 0 spiro atoms. The first kappa shape index (κ1) is 27.9. The normalized spacial score (nSPS) is 17.8. The van der Waals surface area contributed by atoms with Gasteiger partial charge in [0.05, 0.1) is 22.8 Å². The zero-order valence-corrected chi connectivity index (χ0v) is 21.7. The highest BCUT2D eigenvalue weighted by atomic mass is 127. The average molecular weight is 553 g/mol. The Morgan fingerprint density at radius 1 is 1.11 bits per heavy atom. The van der Waals surface area contributed by atoms with Crippen molar-refractivity contribution in [3.8, 4) is 0 Å². The number of piperidine rings is 1. The summed E-state index contributed by atoms with van der Waals surface area (Å²) in [7, 11) is -6.12. The Morgan fingerprint density at radius 2 is 1.68 bits per heavy atom. The maximum absolute atomic E-state index is 12.2. The lowest BCUT2D eigenvalue weighted by molar-refractivity contribution is 0.216. The molecule has 1 saturated heterocycles. The Bertz CT molecular complexity index is 695. The van der Waals surface area contributed by atoms with E-state index in [9.17, 15) is 16.8 Å². The zero-order valence-electron chi connectivity index (χ0n) is 17.7. The van der Waals surface area contributed by atoms with E-state index in [1.54, 1.807) is 20.8 Å². The molecule has 1 aliphatic rings. The highest BCUT2D eigenvalue weighted by molar-refractivity contribution is 14.0. The molecule has 1 aliphatic heterocycles. The van der Waals surface area contributed by atoms with Gasteiger partial charge < -0.3 is 15.5 Å². The van der Waals surface area contributed by atoms with Gasteiger partial charge in [-0.2, -0.15) is 0 Å². The van der Waals surface area contributed by atoms with Gasteiger partial charge in [-0.15, -0.1) is 24.0 Å². The summed E-state index contributed by atoms with van der Waals surface area (Å²) in [4.78, 5) is 6.58. The van der Waals surface area contributed by atoms with E-state index in [0.717, 1.165) is 25.9 Å². The lowest BCUT2D eigenvalue weighted by Gasteiger charge is -2.32. The zero-order chi connectivity index (χ0) is 20.7. The first-order valence-corrected chi connectivity index (χ1v) is 13.2. The topological polar surface area (TPSA) is 108 Å². The maximum Gasteiger partial charge on any atom is 0.191 e. The number of rotatable bonds is 8. The predicted octanol–water partition coefficient (Wildman–Crippen LogP) is 0.882. The van der Waals surface area contributed by atoms with Crippen LogP contribution >= 0.6 is 24.0 Å². The van der Waals surface area contributed by atoms with E-state index in [0.29, 0.717) is 19.0 Å². The van der Waals surface area contributed by atoms with Gasteiger partial charge in [0.25, 0.3) is 0 Å². The molecule has 168 valence electrons. The van der Waals surface area contributed by atoms with Gasteiger partial charge in [0.15, 0.2) is 15.8 Å². The van der Waals surface area contributed by atoms with Crippen LogP contribution in [0.5, 0.6) is 0 Å². The fraction of sp³-hybridized carbons (Fsp3) is 0.941. The molecule has 0 unspecified atom stereocenters. The van der Waals surface area contributed by atoms with Crippen LogP contribution in [0.2, 0.25) is 0 Å². The van der Waals surface area contributed by atoms with Crippen molar-refractivity contribution in [3.63, 3.8) is 0 Å². The third-order valence-corrected chi connectivity index (χ3v) is 8.12. The van der Waals surface area contributed by atoms with E-state index in [-0.39, 0.29) is 48.1 Å². The third-order valence-electron chi connectivity index (χ3n) is 4.61. The molecule has 0 aromatic rings. The van der Waals surface area contributed by atoms with Gasteiger partial charge in [-0.3, -0.25) is 4.99 Å². The Morgan fingerprint density at radius 3 is 2.14 bits per heavy atom. The quantitative estimate of drug-likeness (QED) is 0.262. The number of sulfone groups is 2. The Hall–Kier alpha value is -0.140. The summed E-state index contributed by atoms with van der Waals surface area (Å²) in [6, 6.07) is 0.247. The van der Waals surface area contributed by atoms with E-state index in [1.807, 2.05) is 6.92 Å². The molecule has 2 N–H and O–H groups in total. The van der Waals surface area contributed by atoms with Crippen LogP contribution in [0, 0.1) is 0 Å².